The number of thiocarbonyl (C=S) groups is 1. The lowest BCUT2D eigenvalue weighted by atomic mass is 9.86. The number of nitrogens with zero attached hydrogens (tertiary/aromatic N) is 3. The van der Waals surface area contributed by atoms with Crippen molar-refractivity contribution in [2.24, 2.45) is 0 Å². The molecule has 0 bridgehead atoms. The second-order valence-corrected chi connectivity index (χ2v) is 11.4. The Morgan fingerprint density at radius 3 is 2.49 bits per heavy atom. The van der Waals surface area contributed by atoms with Gasteiger partial charge in [0.25, 0.3) is 0 Å². The van der Waals surface area contributed by atoms with Gasteiger partial charge in [-0.15, -0.1) is 0 Å². The lowest BCUT2D eigenvalue weighted by molar-refractivity contribution is 0.242. The van der Waals surface area contributed by atoms with Crippen molar-refractivity contribution in [3.8, 4) is 5.75 Å². The number of pyridine rings is 1. The first-order valence-electron chi connectivity index (χ1n) is 12.6. The van der Waals surface area contributed by atoms with Crippen molar-refractivity contribution in [3.63, 3.8) is 0 Å². The van der Waals surface area contributed by atoms with Crippen LogP contribution in [0.4, 0.5) is 11.4 Å². The predicted octanol–water partition coefficient (Wildman–Crippen LogP) is 7.33. The highest BCUT2D eigenvalue weighted by Crippen LogP contribution is 2.48. The van der Waals surface area contributed by atoms with Crippen LogP contribution >= 0.6 is 23.8 Å². The zero-order chi connectivity index (χ0) is 26.5. The van der Waals surface area contributed by atoms with Gasteiger partial charge in [-0.2, -0.15) is 0 Å². The van der Waals surface area contributed by atoms with Gasteiger partial charge in [0.2, 0.25) is 0 Å². The van der Waals surface area contributed by atoms with E-state index in [0.29, 0.717) is 10.1 Å². The van der Waals surface area contributed by atoms with E-state index < -0.39 is 0 Å². The summed E-state index contributed by atoms with van der Waals surface area (Å²) in [4.78, 5) is 9.11. The summed E-state index contributed by atoms with van der Waals surface area (Å²) in [5.74, 6) is 0.827. The number of nitrogens with one attached hydrogen (secondary N) is 1. The largest absolute Gasteiger partial charge is 0.491 e. The molecule has 1 saturated heterocycles. The lowest BCUT2D eigenvalue weighted by Crippen LogP contribution is -2.42. The molecule has 0 unspecified atom stereocenters. The summed E-state index contributed by atoms with van der Waals surface area (Å²) < 4.78 is 5.87. The van der Waals surface area contributed by atoms with Crippen molar-refractivity contribution in [1.29, 1.82) is 0 Å². The van der Waals surface area contributed by atoms with E-state index in [2.05, 4.69) is 66.1 Å². The molecule has 0 spiro atoms. The number of halogens is 1. The minimum atomic E-state index is -0.190. The quantitative estimate of drug-likeness (QED) is 0.347. The SMILES string of the molecule is CC1=CC(C)(C)N(C)c2cc(Cl)c([C@@H]3[C@@H](c4ccccn4)NC(=S)N3c3ccc(OC(C)C)cc3)cc21. The Morgan fingerprint density at radius 2 is 1.84 bits per heavy atom. The molecule has 2 aliphatic heterocycles. The molecule has 3 aromatic rings. The summed E-state index contributed by atoms with van der Waals surface area (Å²) in [6.07, 6.45) is 4.23. The Hall–Kier alpha value is -3.09. The summed E-state index contributed by atoms with van der Waals surface area (Å²) in [5, 5.41) is 4.88. The number of hydrogen-bond donors (Lipinski definition) is 1. The van der Waals surface area contributed by atoms with Crippen LogP contribution in [0.25, 0.3) is 5.57 Å². The van der Waals surface area contributed by atoms with E-state index in [0.717, 1.165) is 28.4 Å². The third-order valence-electron chi connectivity index (χ3n) is 7.24. The maximum absolute atomic E-state index is 7.10. The van der Waals surface area contributed by atoms with Gasteiger partial charge in [0.15, 0.2) is 5.11 Å². The van der Waals surface area contributed by atoms with Crippen molar-refractivity contribution >= 4 is 45.9 Å². The molecule has 1 aromatic heterocycles. The number of ether oxygens (including phenoxy) is 1. The molecular formula is C30H33ClN4OS. The standard InChI is InChI=1S/C30H33ClN4OS/c1-18(2)36-21-12-10-20(11-13-21)35-28(27(33-29(35)37)25-9-7-8-14-32-25)23-15-22-19(3)17-30(4,5)34(6)26(22)16-24(23)31/h7-18,27-28H,1-6H3,(H,33,37)/t27-,28-/m1/s1. The molecule has 5 nitrogen and oxygen atoms in total. The van der Waals surface area contributed by atoms with E-state index in [1.165, 1.54) is 11.1 Å². The number of aromatic nitrogens is 1. The molecule has 192 valence electrons. The summed E-state index contributed by atoms with van der Waals surface area (Å²) in [6.45, 7) is 10.6. The Balaban J connectivity index is 1.65. The van der Waals surface area contributed by atoms with Gasteiger partial charge < -0.3 is 19.9 Å². The second-order valence-electron chi connectivity index (χ2n) is 10.6. The maximum atomic E-state index is 7.10. The summed E-state index contributed by atoms with van der Waals surface area (Å²) in [5.41, 5.74) is 6.34. The Kier molecular flexibility index (Phi) is 6.67. The number of fused-ring (bicyclic) bond motifs is 1. The molecule has 2 atom stereocenters. The van der Waals surface area contributed by atoms with Gasteiger partial charge in [-0.1, -0.05) is 23.7 Å². The topological polar surface area (TPSA) is 40.6 Å². The Morgan fingerprint density at radius 1 is 1.11 bits per heavy atom. The minimum Gasteiger partial charge on any atom is -0.491 e. The van der Waals surface area contributed by atoms with E-state index >= 15 is 0 Å². The van der Waals surface area contributed by atoms with Crippen LogP contribution in [0.5, 0.6) is 5.75 Å². The predicted molar refractivity (Wildman–Crippen MR) is 158 cm³/mol. The third-order valence-corrected chi connectivity index (χ3v) is 7.88. The van der Waals surface area contributed by atoms with Gasteiger partial charge in [0, 0.05) is 35.2 Å². The van der Waals surface area contributed by atoms with E-state index in [9.17, 15) is 0 Å². The van der Waals surface area contributed by atoms with Crippen molar-refractivity contribution in [1.82, 2.24) is 10.3 Å². The Bertz CT molecular complexity index is 1350. The highest BCUT2D eigenvalue weighted by Gasteiger charge is 2.42. The molecule has 0 amide bonds. The molecule has 2 aliphatic rings. The molecule has 5 rings (SSSR count). The van der Waals surface area contributed by atoms with E-state index in [1.807, 2.05) is 62.5 Å². The molecule has 0 saturated carbocycles. The van der Waals surface area contributed by atoms with Crippen molar-refractivity contribution in [2.75, 3.05) is 16.8 Å². The number of allylic oxidation sites excluding steroid dienone is 1. The van der Waals surface area contributed by atoms with E-state index in [4.69, 9.17) is 28.6 Å². The molecule has 0 aliphatic carbocycles. The molecule has 37 heavy (non-hydrogen) atoms. The smallest absolute Gasteiger partial charge is 0.174 e. The van der Waals surface area contributed by atoms with Crippen LogP contribution < -0.4 is 19.9 Å². The molecule has 2 aromatic carbocycles. The van der Waals surface area contributed by atoms with E-state index in [1.54, 1.807) is 0 Å². The maximum Gasteiger partial charge on any atom is 0.174 e. The van der Waals surface area contributed by atoms with Crippen LogP contribution in [0.1, 0.15) is 63.5 Å². The van der Waals surface area contributed by atoms with Gasteiger partial charge in [0.05, 0.1) is 29.4 Å². The third kappa shape index (κ3) is 4.69. The fourth-order valence-corrected chi connectivity index (χ4v) is 5.94. The van der Waals surface area contributed by atoms with Gasteiger partial charge in [0.1, 0.15) is 5.75 Å². The van der Waals surface area contributed by atoms with Crippen LogP contribution in [-0.4, -0.2) is 28.8 Å². The fourth-order valence-electron chi connectivity index (χ4n) is 5.32. The summed E-state index contributed by atoms with van der Waals surface area (Å²) in [6, 6.07) is 18.0. The number of rotatable bonds is 5. The first kappa shape index (κ1) is 25.6. The van der Waals surface area contributed by atoms with Crippen LogP contribution in [0.2, 0.25) is 5.02 Å². The van der Waals surface area contributed by atoms with Gasteiger partial charge in [-0.3, -0.25) is 4.98 Å². The molecular weight excluding hydrogens is 500 g/mol. The summed E-state index contributed by atoms with van der Waals surface area (Å²) >= 11 is 13.0. The number of likely N-dealkylation sites (N-methyl/N-ethyl adjacent to an activating group) is 1. The summed E-state index contributed by atoms with van der Waals surface area (Å²) in [7, 11) is 2.12. The van der Waals surface area contributed by atoms with Crippen LogP contribution in [0, 0.1) is 0 Å². The normalized spacial score (nSPS) is 20.5. The fraction of sp³-hybridized carbons (Fsp3) is 0.333. The molecule has 1 N–H and O–H groups in total. The number of anilines is 2. The average Bonchev–Trinajstić information content (AvgIpc) is 3.19. The Labute approximate surface area is 230 Å². The van der Waals surface area contributed by atoms with Crippen LogP contribution in [-0.2, 0) is 0 Å². The first-order chi connectivity index (χ1) is 17.6. The van der Waals surface area contributed by atoms with E-state index in [-0.39, 0.29) is 23.7 Å². The molecule has 1 fully saturated rings. The minimum absolute atomic E-state index is 0.0965. The second kappa shape index (κ2) is 9.66. The zero-order valence-electron chi connectivity index (χ0n) is 22.1. The zero-order valence-corrected chi connectivity index (χ0v) is 23.7. The highest BCUT2D eigenvalue weighted by molar-refractivity contribution is 7.80. The number of benzene rings is 2. The van der Waals surface area contributed by atoms with Crippen molar-refractivity contribution in [3.05, 3.63) is 88.7 Å². The van der Waals surface area contributed by atoms with Crippen LogP contribution in [0.3, 0.4) is 0 Å². The van der Waals surface area contributed by atoms with Gasteiger partial charge >= 0.3 is 0 Å². The molecule has 3 heterocycles. The lowest BCUT2D eigenvalue weighted by Gasteiger charge is -2.41. The molecule has 0 radical (unpaired) electrons. The first-order valence-corrected chi connectivity index (χ1v) is 13.4. The monoisotopic (exact) mass is 532 g/mol. The number of hydrogen-bond acceptors (Lipinski definition) is 4. The van der Waals surface area contributed by atoms with Gasteiger partial charge in [-0.05, 0) is 107 Å². The van der Waals surface area contributed by atoms with Gasteiger partial charge in [-0.25, -0.2) is 0 Å². The highest BCUT2D eigenvalue weighted by atomic mass is 35.5. The van der Waals surface area contributed by atoms with Crippen LogP contribution in [0.15, 0.2) is 66.9 Å². The van der Waals surface area contributed by atoms with Crippen molar-refractivity contribution in [2.45, 2.75) is 58.3 Å². The van der Waals surface area contributed by atoms with Crippen molar-refractivity contribution < 1.29 is 4.74 Å². The average molecular weight is 533 g/mol. The molecule has 7 heteroatoms.